The van der Waals surface area contributed by atoms with Gasteiger partial charge in [0.2, 0.25) is 0 Å². The van der Waals surface area contributed by atoms with Crippen LogP contribution < -0.4 is 15.4 Å². The third-order valence-corrected chi connectivity index (χ3v) is 5.11. The van der Waals surface area contributed by atoms with Gasteiger partial charge in [-0.05, 0) is 77.5 Å². The molecule has 0 bridgehead atoms. The summed E-state index contributed by atoms with van der Waals surface area (Å²) in [5.74, 6) is 0.153. The summed E-state index contributed by atoms with van der Waals surface area (Å²) >= 11 is 2.21. The predicted molar refractivity (Wildman–Crippen MR) is 119 cm³/mol. The van der Waals surface area contributed by atoms with Gasteiger partial charge in [0.25, 0.3) is 11.8 Å². The summed E-state index contributed by atoms with van der Waals surface area (Å²) in [6.07, 6.45) is 0. The lowest BCUT2D eigenvalue weighted by molar-refractivity contribution is -0.118. The van der Waals surface area contributed by atoms with Gasteiger partial charge in [0, 0.05) is 20.5 Å². The molecule has 2 N–H and O–H groups in total. The van der Waals surface area contributed by atoms with Gasteiger partial charge in [0.05, 0.1) is 0 Å². The molecule has 5 nitrogen and oxygen atoms in total. The molecule has 0 fully saturated rings. The quantitative estimate of drug-likeness (QED) is 0.489. The van der Waals surface area contributed by atoms with Crippen LogP contribution in [0, 0.1) is 10.5 Å². The maximum absolute atomic E-state index is 12.4. The number of amides is 2. The van der Waals surface area contributed by atoms with Crippen LogP contribution in [0.5, 0.6) is 5.75 Å². The second kappa shape index (κ2) is 9.36. The molecular formula is C22H19IN2O3. The summed E-state index contributed by atoms with van der Waals surface area (Å²) in [6, 6.07) is 21.7. The molecule has 3 rings (SSSR count). The lowest BCUT2D eigenvalue weighted by Gasteiger charge is -2.10. The second-order valence-corrected chi connectivity index (χ2v) is 7.31. The highest BCUT2D eigenvalue weighted by atomic mass is 127. The highest BCUT2D eigenvalue weighted by molar-refractivity contribution is 14.1. The van der Waals surface area contributed by atoms with Gasteiger partial charge < -0.3 is 15.4 Å². The molecule has 3 aromatic carbocycles. The minimum Gasteiger partial charge on any atom is -0.484 e. The van der Waals surface area contributed by atoms with Crippen LogP contribution in [0.4, 0.5) is 11.4 Å². The monoisotopic (exact) mass is 486 g/mol. The van der Waals surface area contributed by atoms with Gasteiger partial charge in [0.1, 0.15) is 5.75 Å². The smallest absolute Gasteiger partial charge is 0.262 e. The first-order valence-electron chi connectivity index (χ1n) is 8.66. The molecule has 0 saturated carbocycles. The Kier molecular flexibility index (Phi) is 6.65. The molecule has 0 aliphatic heterocycles. The van der Waals surface area contributed by atoms with Crippen molar-refractivity contribution in [3.8, 4) is 5.75 Å². The van der Waals surface area contributed by atoms with Gasteiger partial charge in [-0.2, -0.15) is 0 Å². The second-order valence-electron chi connectivity index (χ2n) is 6.15. The largest absolute Gasteiger partial charge is 0.484 e. The van der Waals surface area contributed by atoms with E-state index in [1.54, 1.807) is 42.5 Å². The Morgan fingerprint density at radius 3 is 2.32 bits per heavy atom. The molecule has 0 aliphatic rings. The number of benzene rings is 3. The van der Waals surface area contributed by atoms with Crippen molar-refractivity contribution in [1.82, 2.24) is 0 Å². The fourth-order valence-electron chi connectivity index (χ4n) is 2.47. The van der Waals surface area contributed by atoms with Crippen molar-refractivity contribution in [3.63, 3.8) is 0 Å². The fourth-order valence-corrected chi connectivity index (χ4v) is 2.99. The molecule has 0 aliphatic carbocycles. The first-order chi connectivity index (χ1) is 13.5. The van der Waals surface area contributed by atoms with E-state index in [1.807, 2.05) is 37.3 Å². The number of anilines is 2. The minimum atomic E-state index is -0.277. The van der Waals surface area contributed by atoms with Crippen LogP contribution in [0.15, 0.2) is 72.8 Å². The zero-order chi connectivity index (χ0) is 19.9. The number of halogens is 1. The Hall–Kier alpha value is -2.87. The summed E-state index contributed by atoms with van der Waals surface area (Å²) < 4.78 is 6.46. The molecule has 6 heteroatoms. The van der Waals surface area contributed by atoms with Crippen molar-refractivity contribution in [2.75, 3.05) is 17.2 Å². The van der Waals surface area contributed by atoms with Gasteiger partial charge >= 0.3 is 0 Å². The van der Waals surface area contributed by atoms with Crippen molar-refractivity contribution >= 4 is 45.8 Å². The molecule has 0 aromatic heterocycles. The van der Waals surface area contributed by atoms with Crippen LogP contribution in [0.25, 0.3) is 0 Å². The fraction of sp³-hybridized carbons (Fsp3) is 0.0909. The van der Waals surface area contributed by atoms with E-state index in [-0.39, 0.29) is 18.4 Å². The topological polar surface area (TPSA) is 67.4 Å². The van der Waals surface area contributed by atoms with Crippen molar-refractivity contribution < 1.29 is 14.3 Å². The Bertz CT molecular complexity index is 990. The standard InChI is InChI=1S/C22H19IN2O3/c1-15-10-11-16(12-20(15)23)22(27)25-18-7-5-6-17(13-18)24-21(26)14-28-19-8-3-2-4-9-19/h2-13H,14H2,1H3,(H,24,26)(H,25,27). The Morgan fingerprint density at radius 2 is 1.61 bits per heavy atom. The van der Waals surface area contributed by atoms with Crippen molar-refractivity contribution in [2.24, 2.45) is 0 Å². The van der Waals surface area contributed by atoms with Crippen LogP contribution in [-0.2, 0) is 4.79 Å². The molecule has 0 heterocycles. The van der Waals surface area contributed by atoms with Crippen molar-refractivity contribution in [3.05, 3.63) is 87.5 Å². The number of aryl methyl sites for hydroxylation is 1. The number of carbonyl (C=O) groups is 2. The SMILES string of the molecule is Cc1ccc(C(=O)Nc2cccc(NC(=O)COc3ccccc3)c2)cc1I. The molecule has 0 unspecified atom stereocenters. The molecule has 0 spiro atoms. The zero-order valence-corrected chi connectivity index (χ0v) is 17.4. The molecule has 0 saturated heterocycles. The van der Waals surface area contributed by atoms with Crippen molar-refractivity contribution in [1.29, 1.82) is 0 Å². The maximum atomic E-state index is 12.4. The van der Waals surface area contributed by atoms with E-state index < -0.39 is 0 Å². The number of nitrogens with one attached hydrogen (secondary N) is 2. The lowest BCUT2D eigenvalue weighted by Crippen LogP contribution is -2.20. The van der Waals surface area contributed by atoms with Crippen LogP contribution in [0.3, 0.4) is 0 Å². The lowest BCUT2D eigenvalue weighted by atomic mass is 10.1. The number of rotatable bonds is 6. The van der Waals surface area contributed by atoms with E-state index in [9.17, 15) is 9.59 Å². The zero-order valence-electron chi connectivity index (χ0n) is 15.2. The van der Waals surface area contributed by atoms with E-state index in [2.05, 4.69) is 33.2 Å². The average Bonchev–Trinajstić information content (AvgIpc) is 2.69. The van der Waals surface area contributed by atoms with Gasteiger partial charge in [0.15, 0.2) is 6.61 Å². The van der Waals surface area contributed by atoms with Crippen LogP contribution in [0.2, 0.25) is 0 Å². The third-order valence-electron chi connectivity index (χ3n) is 3.95. The van der Waals surface area contributed by atoms with Crippen LogP contribution in [0.1, 0.15) is 15.9 Å². The first kappa shape index (κ1) is 19.9. The van der Waals surface area contributed by atoms with Crippen molar-refractivity contribution in [2.45, 2.75) is 6.92 Å². The van der Waals surface area contributed by atoms with Gasteiger partial charge in [-0.3, -0.25) is 9.59 Å². The molecule has 2 amide bonds. The Labute approximate surface area is 177 Å². The summed E-state index contributed by atoms with van der Waals surface area (Å²) in [4.78, 5) is 24.5. The molecule has 0 radical (unpaired) electrons. The highest BCUT2D eigenvalue weighted by Gasteiger charge is 2.09. The first-order valence-corrected chi connectivity index (χ1v) is 9.74. The Balaban J connectivity index is 1.59. The predicted octanol–water partition coefficient (Wildman–Crippen LogP) is 4.87. The summed E-state index contributed by atoms with van der Waals surface area (Å²) in [7, 11) is 0. The van der Waals surface area contributed by atoms with E-state index in [4.69, 9.17) is 4.74 Å². The van der Waals surface area contributed by atoms with E-state index in [0.717, 1.165) is 9.13 Å². The molecule has 28 heavy (non-hydrogen) atoms. The maximum Gasteiger partial charge on any atom is 0.262 e. The summed E-state index contributed by atoms with van der Waals surface area (Å²) in [5, 5.41) is 5.62. The molecule has 0 atom stereocenters. The number of para-hydroxylation sites is 1. The van der Waals surface area contributed by atoms with E-state index in [0.29, 0.717) is 22.7 Å². The summed E-state index contributed by atoms with van der Waals surface area (Å²) in [5.41, 5.74) is 2.89. The summed E-state index contributed by atoms with van der Waals surface area (Å²) in [6.45, 7) is 1.90. The van der Waals surface area contributed by atoms with Crippen LogP contribution >= 0.6 is 22.6 Å². The van der Waals surface area contributed by atoms with Crippen LogP contribution in [-0.4, -0.2) is 18.4 Å². The Morgan fingerprint density at radius 1 is 0.893 bits per heavy atom. The highest BCUT2D eigenvalue weighted by Crippen LogP contribution is 2.18. The molecule has 142 valence electrons. The van der Waals surface area contributed by atoms with Gasteiger partial charge in [-0.15, -0.1) is 0 Å². The molecule has 3 aromatic rings. The number of ether oxygens (including phenoxy) is 1. The van der Waals surface area contributed by atoms with E-state index in [1.165, 1.54) is 0 Å². The van der Waals surface area contributed by atoms with Gasteiger partial charge in [-0.25, -0.2) is 0 Å². The average molecular weight is 486 g/mol. The number of carbonyl (C=O) groups excluding carboxylic acids is 2. The number of hydrogen-bond donors (Lipinski definition) is 2. The number of hydrogen-bond acceptors (Lipinski definition) is 3. The van der Waals surface area contributed by atoms with E-state index >= 15 is 0 Å². The van der Waals surface area contributed by atoms with Gasteiger partial charge in [-0.1, -0.05) is 30.3 Å². The minimum absolute atomic E-state index is 0.0948. The third kappa shape index (κ3) is 5.56. The normalized spacial score (nSPS) is 10.2. The molecular weight excluding hydrogens is 467 g/mol.